The Morgan fingerprint density at radius 3 is 2.44 bits per heavy atom. The number of hydrogen-bond acceptors (Lipinski definition) is 6. The van der Waals surface area contributed by atoms with Gasteiger partial charge in [-0.3, -0.25) is 0 Å². The SMILES string of the molecule is C[C@H](Cc1ccc(S(=O)(=O)c2ccccc2OCC(=O)O)cc1)NC[C@H](O)c1cccc(Cl)c1. The number of ether oxygens (including phenoxy) is 1. The highest BCUT2D eigenvalue weighted by molar-refractivity contribution is 7.91. The second kappa shape index (κ2) is 11.5. The van der Waals surface area contributed by atoms with Crippen molar-refractivity contribution in [3.05, 3.63) is 88.9 Å². The zero-order valence-electron chi connectivity index (χ0n) is 18.5. The van der Waals surface area contributed by atoms with E-state index in [9.17, 15) is 18.3 Å². The van der Waals surface area contributed by atoms with Crippen molar-refractivity contribution in [3.63, 3.8) is 0 Å². The first-order chi connectivity index (χ1) is 16.2. The Balaban J connectivity index is 1.64. The molecule has 0 unspecified atom stereocenters. The van der Waals surface area contributed by atoms with Crippen molar-refractivity contribution >= 4 is 27.4 Å². The summed E-state index contributed by atoms with van der Waals surface area (Å²) >= 11 is 5.97. The molecule has 0 aliphatic carbocycles. The summed E-state index contributed by atoms with van der Waals surface area (Å²) < 4.78 is 31.3. The van der Waals surface area contributed by atoms with Crippen molar-refractivity contribution in [2.75, 3.05) is 13.2 Å². The molecule has 3 aromatic carbocycles. The minimum atomic E-state index is -3.90. The molecule has 0 heterocycles. The summed E-state index contributed by atoms with van der Waals surface area (Å²) in [5.74, 6) is -1.20. The average molecular weight is 504 g/mol. The summed E-state index contributed by atoms with van der Waals surface area (Å²) in [4.78, 5) is 10.8. The average Bonchev–Trinajstić information content (AvgIpc) is 2.81. The largest absolute Gasteiger partial charge is 0.481 e. The number of carboxylic acid groups (broad SMARTS) is 1. The lowest BCUT2D eigenvalue weighted by Crippen LogP contribution is -2.32. The number of hydrogen-bond donors (Lipinski definition) is 3. The Kier molecular flexibility index (Phi) is 8.68. The molecule has 0 amide bonds. The van der Waals surface area contributed by atoms with Gasteiger partial charge in [-0.1, -0.05) is 48.0 Å². The van der Waals surface area contributed by atoms with E-state index in [2.05, 4.69) is 5.32 Å². The Hall–Kier alpha value is -2.91. The van der Waals surface area contributed by atoms with Crippen LogP contribution in [0.2, 0.25) is 5.02 Å². The lowest BCUT2D eigenvalue weighted by Gasteiger charge is -2.18. The molecule has 0 fully saturated rings. The molecule has 0 saturated carbocycles. The lowest BCUT2D eigenvalue weighted by molar-refractivity contribution is -0.139. The van der Waals surface area contributed by atoms with Gasteiger partial charge in [0.1, 0.15) is 10.6 Å². The molecular formula is C25H26ClNO6S. The summed E-state index contributed by atoms with van der Waals surface area (Å²) in [6.07, 6.45) is -0.0712. The number of aliphatic hydroxyl groups is 1. The van der Waals surface area contributed by atoms with E-state index < -0.39 is 28.5 Å². The minimum Gasteiger partial charge on any atom is -0.481 e. The van der Waals surface area contributed by atoms with E-state index in [1.807, 2.05) is 13.0 Å². The maximum absolute atomic E-state index is 13.1. The van der Waals surface area contributed by atoms with Crippen molar-refractivity contribution in [2.24, 2.45) is 0 Å². The molecule has 3 rings (SSSR count). The zero-order valence-corrected chi connectivity index (χ0v) is 20.1. The van der Waals surface area contributed by atoms with E-state index in [0.29, 0.717) is 18.0 Å². The predicted octanol–water partition coefficient (Wildman–Crippen LogP) is 3.89. The molecule has 0 radical (unpaired) electrons. The Morgan fingerprint density at radius 1 is 1.06 bits per heavy atom. The summed E-state index contributed by atoms with van der Waals surface area (Å²) in [5.41, 5.74) is 1.65. The predicted molar refractivity (Wildman–Crippen MR) is 129 cm³/mol. The first-order valence-corrected chi connectivity index (χ1v) is 12.5. The molecule has 2 atom stereocenters. The molecule has 0 saturated heterocycles. The van der Waals surface area contributed by atoms with Crippen LogP contribution in [0.25, 0.3) is 0 Å². The van der Waals surface area contributed by atoms with Crippen LogP contribution in [-0.4, -0.2) is 43.8 Å². The van der Waals surface area contributed by atoms with E-state index in [4.69, 9.17) is 21.4 Å². The van der Waals surface area contributed by atoms with Crippen LogP contribution in [0.15, 0.2) is 82.6 Å². The number of nitrogens with one attached hydrogen (secondary N) is 1. The second-order valence-corrected chi connectivity index (χ2v) is 10.2. The first kappa shape index (κ1) is 25.7. The molecule has 7 nitrogen and oxygen atoms in total. The Bertz CT molecular complexity index is 1230. The van der Waals surface area contributed by atoms with Crippen molar-refractivity contribution in [2.45, 2.75) is 35.3 Å². The van der Waals surface area contributed by atoms with Crippen LogP contribution >= 0.6 is 11.6 Å². The highest BCUT2D eigenvalue weighted by Crippen LogP contribution is 2.29. The topological polar surface area (TPSA) is 113 Å². The van der Waals surface area contributed by atoms with E-state index >= 15 is 0 Å². The van der Waals surface area contributed by atoms with Crippen LogP contribution in [-0.2, 0) is 21.1 Å². The number of carboxylic acids is 1. The summed E-state index contributed by atoms with van der Waals surface area (Å²) in [5, 5.41) is 23.0. The lowest BCUT2D eigenvalue weighted by atomic mass is 10.1. The fourth-order valence-electron chi connectivity index (χ4n) is 3.43. The normalized spacial score (nSPS) is 13.3. The van der Waals surface area contributed by atoms with Gasteiger partial charge in [0.2, 0.25) is 9.84 Å². The molecule has 9 heteroatoms. The molecule has 3 N–H and O–H groups in total. The Morgan fingerprint density at radius 2 is 1.76 bits per heavy atom. The van der Waals surface area contributed by atoms with Gasteiger partial charge in [0.15, 0.2) is 6.61 Å². The number of sulfone groups is 1. The van der Waals surface area contributed by atoms with E-state index in [1.54, 1.807) is 42.5 Å². The summed E-state index contributed by atoms with van der Waals surface area (Å²) in [7, 11) is -3.90. The van der Waals surface area contributed by atoms with Gasteiger partial charge in [-0.2, -0.15) is 0 Å². The molecule has 0 aromatic heterocycles. The quantitative estimate of drug-likeness (QED) is 0.364. The molecule has 34 heavy (non-hydrogen) atoms. The smallest absolute Gasteiger partial charge is 0.341 e. The Labute approximate surface area is 203 Å². The van der Waals surface area contributed by atoms with Crippen LogP contribution < -0.4 is 10.1 Å². The molecular weight excluding hydrogens is 478 g/mol. The molecule has 0 aliphatic rings. The van der Waals surface area contributed by atoms with Gasteiger partial charge >= 0.3 is 5.97 Å². The highest BCUT2D eigenvalue weighted by atomic mass is 35.5. The van der Waals surface area contributed by atoms with Gasteiger partial charge in [-0.05, 0) is 60.9 Å². The van der Waals surface area contributed by atoms with Gasteiger partial charge in [0.25, 0.3) is 0 Å². The molecule has 180 valence electrons. The number of benzene rings is 3. The standard InChI is InChI=1S/C25H26ClNO6S/c1-17(27-15-22(28)19-5-4-6-20(26)14-19)13-18-9-11-21(12-10-18)34(31,32)24-8-3-2-7-23(24)33-16-25(29)30/h2-12,14,17,22,27-28H,13,15-16H2,1H3,(H,29,30)/t17-,22+/m1/s1. The van der Waals surface area contributed by atoms with Gasteiger partial charge in [-0.25, -0.2) is 13.2 Å². The number of rotatable bonds is 11. The van der Waals surface area contributed by atoms with Crippen molar-refractivity contribution in [1.29, 1.82) is 0 Å². The maximum atomic E-state index is 13.1. The minimum absolute atomic E-state index is 0.00920. The van der Waals surface area contributed by atoms with E-state index in [0.717, 1.165) is 11.1 Å². The second-order valence-electron chi connectivity index (χ2n) is 7.86. The van der Waals surface area contributed by atoms with E-state index in [-0.39, 0.29) is 21.6 Å². The van der Waals surface area contributed by atoms with Gasteiger partial charge < -0.3 is 20.3 Å². The van der Waals surface area contributed by atoms with Crippen LogP contribution in [0.5, 0.6) is 5.75 Å². The number of aliphatic carboxylic acids is 1. The van der Waals surface area contributed by atoms with Crippen LogP contribution in [0.1, 0.15) is 24.2 Å². The zero-order chi connectivity index (χ0) is 24.7. The molecule has 3 aromatic rings. The summed E-state index contributed by atoms with van der Waals surface area (Å²) in [6, 6.07) is 19.6. The fourth-order valence-corrected chi connectivity index (χ4v) is 5.03. The van der Waals surface area contributed by atoms with Crippen LogP contribution in [0.3, 0.4) is 0 Å². The third kappa shape index (κ3) is 6.80. The maximum Gasteiger partial charge on any atom is 0.341 e. The molecule has 0 spiro atoms. The monoisotopic (exact) mass is 503 g/mol. The van der Waals surface area contributed by atoms with Crippen molar-refractivity contribution in [3.8, 4) is 5.75 Å². The van der Waals surface area contributed by atoms with Gasteiger partial charge in [0, 0.05) is 17.6 Å². The third-order valence-electron chi connectivity index (χ3n) is 5.16. The van der Waals surface area contributed by atoms with Crippen molar-refractivity contribution in [1.82, 2.24) is 5.32 Å². The molecule has 0 bridgehead atoms. The fraction of sp³-hybridized carbons (Fsp3) is 0.240. The van der Waals surface area contributed by atoms with Gasteiger partial charge in [-0.15, -0.1) is 0 Å². The third-order valence-corrected chi connectivity index (χ3v) is 7.20. The summed E-state index contributed by atoms with van der Waals surface area (Å²) in [6.45, 7) is 1.69. The van der Waals surface area contributed by atoms with Crippen LogP contribution in [0.4, 0.5) is 0 Å². The van der Waals surface area contributed by atoms with Crippen LogP contribution in [0, 0.1) is 0 Å². The molecule has 0 aliphatic heterocycles. The number of halogens is 1. The number of para-hydroxylation sites is 1. The number of carbonyl (C=O) groups is 1. The van der Waals surface area contributed by atoms with Crippen molar-refractivity contribution < 1.29 is 28.2 Å². The first-order valence-electron chi connectivity index (χ1n) is 10.6. The van der Waals surface area contributed by atoms with Gasteiger partial charge in [0.05, 0.1) is 11.0 Å². The number of aliphatic hydroxyl groups excluding tert-OH is 1. The van der Waals surface area contributed by atoms with E-state index in [1.165, 1.54) is 24.3 Å². The highest BCUT2D eigenvalue weighted by Gasteiger charge is 2.22.